The summed E-state index contributed by atoms with van der Waals surface area (Å²) in [5, 5.41) is 15.4. The average molecular weight is 332 g/mol. The van der Waals surface area contributed by atoms with Gasteiger partial charge in [-0.15, -0.1) is 20.4 Å². The minimum absolute atomic E-state index is 0.117. The summed E-state index contributed by atoms with van der Waals surface area (Å²) in [5.74, 6) is 0.847. The number of nitrogens with zero attached hydrogens (tertiary/aromatic N) is 5. The van der Waals surface area contributed by atoms with Crippen molar-refractivity contribution in [3.8, 4) is 17.2 Å². The number of carbonyl (C=O) groups is 1. The maximum absolute atomic E-state index is 11.7. The Morgan fingerprint density at radius 3 is 2.87 bits per heavy atom. The van der Waals surface area contributed by atoms with Crippen LogP contribution in [0.3, 0.4) is 0 Å². The van der Waals surface area contributed by atoms with Crippen LogP contribution in [-0.2, 0) is 4.79 Å². The first-order valence-electron chi connectivity index (χ1n) is 6.50. The summed E-state index contributed by atoms with van der Waals surface area (Å²) < 4.78 is 12.2. The monoisotopic (exact) mass is 332 g/mol. The first kappa shape index (κ1) is 15.0. The Morgan fingerprint density at radius 1 is 1.30 bits per heavy atom. The van der Waals surface area contributed by atoms with Crippen LogP contribution in [0.2, 0.25) is 0 Å². The Balaban J connectivity index is 1.62. The zero-order chi connectivity index (χ0) is 16.1. The number of amides is 1. The molecule has 0 spiro atoms. The topological polar surface area (TPSA) is 108 Å². The van der Waals surface area contributed by atoms with Crippen LogP contribution >= 0.6 is 11.8 Å². The van der Waals surface area contributed by atoms with E-state index in [1.165, 1.54) is 17.3 Å². The predicted octanol–water partition coefficient (Wildman–Crippen LogP) is 1.20. The number of ether oxygens (including phenoxy) is 1. The lowest BCUT2D eigenvalue weighted by molar-refractivity contribution is -0.114. The van der Waals surface area contributed by atoms with Gasteiger partial charge in [0.15, 0.2) is 0 Å². The highest BCUT2D eigenvalue weighted by molar-refractivity contribution is 7.99. The number of methoxy groups -OCH3 is 1. The highest BCUT2D eigenvalue weighted by Crippen LogP contribution is 2.30. The lowest BCUT2D eigenvalue weighted by Crippen LogP contribution is -2.23. The number of nitrogens with one attached hydrogen (secondary N) is 1. The summed E-state index contributed by atoms with van der Waals surface area (Å²) in [5.41, 5.74) is 3.27. The second-order valence-electron chi connectivity index (χ2n) is 4.27. The van der Waals surface area contributed by atoms with E-state index in [1.807, 2.05) is 18.2 Å². The molecule has 0 saturated carbocycles. The first-order valence-corrected chi connectivity index (χ1v) is 7.49. The Morgan fingerprint density at radius 2 is 2.09 bits per heavy atom. The number of thioether (sulfide) groups is 1. The third kappa shape index (κ3) is 3.66. The SMILES string of the molecule is COc1ccccc1-c1nnc(SCC(=O)Nn2cnnc2)o1. The van der Waals surface area contributed by atoms with Crippen molar-refractivity contribution >= 4 is 17.7 Å². The van der Waals surface area contributed by atoms with Gasteiger partial charge in [-0.1, -0.05) is 23.9 Å². The highest BCUT2D eigenvalue weighted by Gasteiger charge is 2.14. The van der Waals surface area contributed by atoms with Crippen molar-refractivity contribution in [2.24, 2.45) is 0 Å². The number of benzene rings is 1. The van der Waals surface area contributed by atoms with Crippen molar-refractivity contribution < 1.29 is 13.9 Å². The van der Waals surface area contributed by atoms with Crippen molar-refractivity contribution in [2.45, 2.75) is 5.22 Å². The second-order valence-corrected chi connectivity index (χ2v) is 5.19. The van der Waals surface area contributed by atoms with E-state index in [2.05, 4.69) is 25.8 Å². The van der Waals surface area contributed by atoms with Gasteiger partial charge in [-0.2, -0.15) is 0 Å². The standard InChI is InChI=1S/C13H12N6O3S/c1-21-10-5-3-2-4-9(10)12-16-17-13(22-12)23-6-11(20)18-19-7-14-15-8-19/h2-5,7-8H,6H2,1H3,(H,18,20). The van der Waals surface area contributed by atoms with Crippen molar-refractivity contribution in [1.29, 1.82) is 0 Å². The summed E-state index contributed by atoms with van der Waals surface area (Å²) in [6.07, 6.45) is 2.77. The van der Waals surface area contributed by atoms with Crippen LogP contribution in [0, 0.1) is 0 Å². The molecule has 2 heterocycles. The number of hydrogen-bond donors (Lipinski definition) is 1. The summed E-state index contributed by atoms with van der Waals surface area (Å²) in [4.78, 5) is 11.7. The molecule has 0 unspecified atom stereocenters. The van der Waals surface area contributed by atoms with Crippen LogP contribution in [0.1, 0.15) is 0 Å². The Kier molecular flexibility index (Phi) is 4.52. The van der Waals surface area contributed by atoms with E-state index >= 15 is 0 Å². The minimum atomic E-state index is -0.244. The Labute approximate surface area is 135 Å². The molecule has 1 N–H and O–H groups in total. The summed E-state index contributed by atoms with van der Waals surface area (Å²) >= 11 is 1.13. The lowest BCUT2D eigenvalue weighted by Gasteiger charge is -2.03. The maximum atomic E-state index is 11.7. The number of rotatable bonds is 6. The van der Waals surface area contributed by atoms with E-state index in [-0.39, 0.29) is 11.7 Å². The number of carbonyl (C=O) groups excluding carboxylic acids is 1. The lowest BCUT2D eigenvalue weighted by atomic mass is 10.2. The van der Waals surface area contributed by atoms with Gasteiger partial charge in [-0.05, 0) is 12.1 Å². The van der Waals surface area contributed by atoms with Gasteiger partial charge in [0.05, 0.1) is 18.4 Å². The highest BCUT2D eigenvalue weighted by atomic mass is 32.2. The van der Waals surface area contributed by atoms with Crippen molar-refractivity contribution in [3.63, 3.8) is 0 Å². The maximum Gasteiger partial charge on any atom is 0.277 e. The zero-order valence-corrected chi connectivity index (χ0v) is 12.9. The Hall–Kier alpha value is -2.88. The first-order chi connectivity index (χ1) is 11.3. The quantitative estimate of drug-likeness (QED) is 0.671. The summed E-state index contributed by atoms with van der Waals surface area (Å²) in [7, 11) is 1.57. The molecule has 0 aliphatic rings. The molecule has 1 aromatic carbocycles. The average Bonchev–Trinajstić information content (AvgIpc) is 3.24. The van der Waals surface area contributed by atoms with Crippen molar-refractivity contribution in [1.82, 2.24) is 25.1 Å². The van der Waals surface area contributed by atoms with Gasteiger partial charge in [0, 0.05) is 0 Å². The molecule has 23 heavy (non-hydrogen) atoms. The largest absolute Gasteiger partial charge is 0.496 e. The van der Waals surface area contributed by atoms with E-state index in [0.29, 0.717) is 22.4 Å². The van der Waals surface area contributed by atoms with Gasteiger partial charge < -0.3 is 9.15 Å². The normalized spacial score (nSPS) is 10.5. The molecule has 9 nitrogen and oxygen atoms in total. The van der Waals surface area contributed by atoms with Gasteiger partial charge in [-0.25, -0.2) is 4.68 Å². The Bertz CT molecular complexity index is 789. The molecule has 3 rings (SSSR count). The molecule has 0 aliphatic heterocycles. The van der Waals surface area contributed by atoms with Gasteiger partial charge >= 0.3 is 0 Å². The molecular weight excluding hydrogens is 320 g/mol. The van der Waals surface area contributed by atoms with Crippen LogP contribution in [0.5, 0.6) is 5.75 Å². The molecule has 2 aromatic heterocycles. The fourth-order valence-electron chi connectivity index (χ4n) is 1.76. The molecule has 10 heteroatoms. The van der Waals surface area contributed by atoms with E-state index in [4.69, 9.17) is 9.15 Å². The molecule has 0 bridgehead atoms. The molecule has 0 atom stereocenters. The fraction of sp³-hybridized carbons (Fsp3) is 0.154. The molecular formula is C13H12N6O3S. The second kappa shape index (κ2) is 6.92. The van der Waals surface area contributed by atoms with Crippen molar-refractivity contribution in [3.05, 3.63) is 36.9 Å². The number of hydrogen-bond acceptors (Lipinski definition) is 8. The van der Waals surface area contributed by atoms with Crippen molar-refractivity contribution in [2.75, 3.05) is 18.3 Å². The van der Waals surface area contributed by atoms with Gasteiger partial charge in [0.2, 0.25) is 5.91 Å². The molecule has 0 radical (unpaired) electrons. The third-order valence-electron chi connectivity index (χ3n) is 2.74. The van der Waals surface area contributed by atoms with E-state index in [9.17, 15) is 4.79 Å². The van der Waals surface area contributed by atoms with Gasteiger partial charge in [0.25, 0.3) is 11.1 Å². The number of para-hydroxylation sites is 1. The predicted molar refractivity (Wildman–Crippen MR) is 81.4 cm³/mol. The molecule has 1 amide bonds. The van der Waals surface area contributed by atoms with Crippen LogP contribution in [0.15, 0.2) is 46.6 Å². The van der Waals surface area contributed by atoms with Crippen LogP contribution in [0.4, 0.5) is 0 Å². The smallest absolute Gasteiger partial charge is 0.277 e. The molecule has 0 saturated heterocycles. The van der Waals surface area contributed by atoms with E-state index < -0.39 is 0 Å². The minimum Gasteiger partial charge on any atom is -0.496 e. The summed E-state index contributed by atoms with van der Waals surface area (Å²) in [6, 6.07) is 7.32. The van der Waals surface area contributed by atoms with Crippen LogP contribution < -0.4 is 10.2 Å². The van der Waals surface area contributed by atoms with E-state index in [1.54, 1.807) is 13.2 Å². The summed E-state index contributed by atoms with van der Waals surface area (Å²) in [6.45, 7) is 0. The van der Waals surface area contributed by atoms with Crippen LogP contribution in [0.25, 0.3) is 11.5 Å². The molecule has 0 fully saturated rings. The van der Waals surface area contributed by atoms with Gasteiger partial charge in [-0.3, -0.25) is 10.2 Å². The molecule has 3 aromatic rings. The third-order valence-corrected chi connectivity index (χ3v) is 3.56. The fourth-order valence-corrected chi connectivity index (χ4v) is 2.32. The number of aromatic nitrogens is 5. The van der Waals surface area contributed by atoms with Crippen LogP contribution in [-0.4, -0.2) is 43.8 Å². The van der Waals surface area contributed by atoms with Gasteiger partial charge in [0.1, 0.15) is 18.4 Å². The molecule has 118 valence electrons. The van der Waals surface area contributed by atoms with E-state index in [0.717, 1.165) is 11.8 Å². The molecule has 0 aliphatic carbocycles. The zero-order valence-electron chi connectivity index (χ0n) is 12.0.